The van der Waals surface area contributed by atoms with Gasteiger partial charge in [0.2, 0.25) is 0 Å². The summed E-state index contributed by atoms with van der Waals surface area (Å²) in [6.07, 6.45) is 3.83. The van der Waals surface area contributed by atoms with Crippen LogP contribution < -0.4 is 5.73 Å². The van der Waals surface area contributed by atoms with Crippen molar-refractivity contribution in [2.24, 2.45) is 11.7 Å². The van der Waals surface area contributed by atoms with Crippen LogP contribution in [0.4, 0.5) is 0 Å². The predicted molar refractivity (Wildman–Crippen MR) is 51.1 cm³/mol. The molecule has 0 amide bonds. The molecule has 2 N–H and O–H groups in total. The Bertz CT molecular complexity index is 305. The van der Waals surface area contributed by atoms with Crippen LogP contribution in [0.15, 0.2) is 6.07 Å². The molecule has 0 unspecified atom stereocenters. The van der Waals surface area contributed by atoms with Crippen LogP contribution >= 0.6 is 0 Å². The average molecular weight is 177 g/mol. The quantitative estimate of drug-likeness (QED) is 0.754. The number of aryl methyl sites for hydroxylation is 1. The third-order valence-electron chi connectivity index (χ3n) is 2.35. The molecule has 1 aliphatic carbocycles. The Balaban J connectivity index is 2.17. The van der Waals surface area contributed by atoms with E-state index in [1.165, 1.54) is 12.8 Å². The Labute approximate surface area is 78.4 Å². The second-order valence-corrected chi connectivity index (χ2v) is 3.75. The second kappa shape index (κ2) is 3.42. The van der Waals surface area contributed by atoms with Gasteiger partial charge in [0.1, 0.15) is 5.82 Å². The van der Waals surface area contributed by atoms with Crippen molar-refractivity contribution in [2.45, 2.75) is 32.7 Å². The number of nitrogens with zero attached hydrogens (tertiary/aromatic N) is 2. The summed E-state index contributed by atoms with van der Waals surface area (Å²) < 4.78 is 0. The first-order valence-electron chi connectivity index (χ1n) is 4.81. The van der Waals surface area contributed by atoms with Crippen molar-refractivity contribution in [3.8, 4) is 0 Å². The van der Waals surface area contributed by atoms with E-state index < -0.39 is 0 Å². The van der Waals surface area contributed by atoms with Gasteiger partial charge in [-0.3, -0.25) is 0 Å². The van der Waals surface area contributed by atoms with Gasteiger partial charge >= 0.3 is 0 Å². The van der Waals surface area contributed by atoms with Crippen molar-refractivity contribution in [3.63, 3.8) is 0 Å². The van der Waals surface area contributed by atoms with Crippen LogP contribution in [0.5, 0.6) is 0 Å². The summed E-state index contributed by atoms with van der Waals surface area (Å²) in [6, 6.07) is 2.03. The van der Waals surface area contributed by atoms with E-state index in [2.05, 4.69) is 9.97 Å². The molecule has 3 heteroatoms. The molecule has 0 saturated heterocycles. The first-order valence-corrected chi connectivity index (χ1v) is 4.81. The minimum Gasteiger partial charge on any atom is -0.325 e. The topological polar surface area (TPSA) is 51.8 Å². The lowest BCUT2D eigenvalue weighted by Crippen LogP contribution is -2.05. The lowest BCUT2D eigenvalue weighted by atomic mass is 10.2. The maximum atomic E-state index is 5.54. The van der Waals surface area contributed by atoms with Crippen LogP contribution in [0.1, 0.15) is 30.1 Å². The molecule has 1 aliphatic rings. The second-order valence-electron chi connectivity index (χ2n) is 3.75. The summed E-state index contributed by atoms with van der Waals surface area (Å²) in [5, 5.41) is 0. The van der Waals surface area contributed by atoms with E-state index in [-0.39, 0.29) is 0 Å². The highest BCUT2D eigenvalue weighted by Crippen LogP contribution is 2.32. The van der Waals surface area contributed by atoms with Gasteiger partial charge in [0.05, 0.1) is 5.69 Å². The molecule has 1 aromatic rings. The normalized spacial score (nSPS) is 16.2. The Hall–Kier alpha value is -0.960. The van der Waals surface area contributed by atoms with Crippen LogP contribution in [0, 0.1) is 12.8 Å². The molecule has 1 fully saturated rings. The fourth-order valence-corrected chi connectivity index (χ4v) is 1.52. The third-order valence-corrected chi connectivity index (χ3v) is 2.35. The van der Waals surface area contributed by atoms with Gasteiger partial charge in [-0.2, -0.15) is 0 Å². The van der Waals surface area contributed by atoms with Gasteiger partial charge < -0.3 is 5.73 Å². The number of hydrogen-bond acceptors (Lipinski definition) is 3. The Kier molecular flexibility index (Phi) is 2.27. The largest absolute Gasteiger partial charge is 0.325 e. The molecule has 70 valence electrons. The van der Waals surface area contributed by atoms with Crippen molar-refractivity contribution in [1.29, 1.82) is 0 Å². The van der Waals surface area contributed by atoms with Gasteiger partial charge in [-0.05, 0) is 38.2 Å². The van der Waals surface area contributed by atoms with E-state index in [9.17, 15) is 0 Å². The number of rotatable bonds is 3. The summed E-state index contributed by atoms with van der Waals surface area (Å²) >= 11 is 0. The number of hydrogen-bond donors (Lipinski definition) is 1. The molecule has 0 spiro atoms. The van der Waals surface area contributed by atoms with Crippen LogP contribution in [-0.4, -0.2) is 9.97 Å². The smallest absolute Gasteiger partial charge is 0.125 e. The van der Waals surface area contributed by atoms with Crippen LogP contribution in [0.2, 0.25) is 0 Å². The fourth-order valence-electron chi connectivity index (χ4n) is 1.52. The molecule has 2 rings (SSSR count). The summed E-state index contributed by atoms with van der Waals surface area (Å²) in [5.41, 5.74) is 7.67. The maximum absolute atomic E-state index is 5.54. The first-order chi connectivity index (χ1) is 6.28. The fraction of sp³-hybridized carbons (Fsp3) is 0.600. The van der Waals surface area contributed by atoms with Crippen LogP contribution in [0.3, 0.4) is 0 Å². The zero-order chi connectivity index (χ0) is 9.26. The van der Waals surface area contributed by atoms with E-state index in [1.807, 2.05) is 13.0 Å². The van der Waals surface area contributed by atoms with Gasteiger partial charge in [0.25, 0.3) is 0 Å². The lowest BCUT2D eigenvalue weighted by molar-refractivity contribution is 0.778. The molecule has 0 aromatic carbocycles. The molecule has 0 atom stereocenters. The van der Waals surface area contributed by atoms with Crippen molar-refractivity contribution in [1.82, 2.24) is 9.97 Å². The Morgan fingerprint density at radius 2 is 2.08 bits per heavy atom. The Morgan fingerprint density at radius 3 is 2.69 bits per heavy atom. The highest BCUT2D eigenvalue weighted by molar-refractivity contribution is 5.12. The minimum atomic E-state index is 0.515. The van der Waals surface area contributed by atoms with Crippen LogP contribution in [0.25, 0.3) is 0 Å². The molecule has 1 saturated carbocycles. The summed E-state index contributed by atoms with van der Waals surface area (Å²) in [7, 11) is 0. The molecular weight excluding hydrogens is 162 g/mol. The highest BCUT2D eigenvalue weighted by atomic mass is 14.9. The van der Waals surface area contributed by atoms with Crippen molar-refractivity contribution in [3.05, 3.63) is 23.3 Å². The third kappa shape index (κ3) is 2.25. The minimum absolute atomic E-state index is 0.515. The summed E-state index contributed by atoms with van der Waals surface area (Å²) in [6.45, 7) is 2.44. The summed E-state index contributed by atoms with van der Waals surface area (Å²) in [4.78, 5) is 8.64. The SMILES string of the molecule is Cc1nc(CN)cc(CC2CC2)n1. The molecule has 13 heavy (non-hydrogen) atoms. The zero-order valence-corrected chi connectivity index (χ0v) is 7.95. The lowest BCUT2D eigenvalue weighted by Gasteiger charge is -2.03. The van der Waals surface area contributed by atoms with E-state index >= 15 is 0 Å². The monoisotopic (exact) mass is 177 g/mol. The highest BCUT2D eigenvalue weighted by Gasteiger charge is 2.22. The van der Waals surface area contributed by atoms with E-state index in [0.717, 1.165) is 29.6 Å². The average Bonchev–Trinajstić information content (AvgIpc) is 2.87. The molecular formula is C10H15N3. The maximum Gasteiger partial charge on any atom is 0.125 e. The molecule has 1 aromatic heterocycles. The Morgan fingerprint density at radius 1 is 1.38 bits per heavy atom. The summed E-state index contributed by atoms with van der Waals surface area (Å²) in [5.74, 6) is 1.72. The van der Waals surface area contributed by atoms with Crippen LogP contribution in [-0.2, 0) is 13.0 Å². The standard InChI is InChI=1S/C10H15N3/c1-7-12-9(4-8-2-3-8)5-10(6-11)13-7/h5,8H,2-4,6,11H2,1H3. The van der Waals surface area contributed by atoms with Crippen molar-refractivity contribution in [2.75, 3.05) is 0 Å². The molecule has 0 bridgehead atoms. The molecule has 0 aliphatic heterocycles. The van der Waals surface area contributed by atoms with E-state index in [0.29, 0.717) is 6.54 Å². The predicted octanol–water partition coefficient (Wildman–Crippen LogP) is 1.20. The van der Waals surface area contributed by atoms with Crippen molar-refractivity contribution < 1.29 is 0 Å². The van der Waals surface area contributed by atoms with Gasteiger partial charge in [-0.1, -0.05) is 0 Å². The zero-order valence-electron chi connectivity index (χ0n) is 7.95. The van der Waals surface area contributed by atoms with Gasteiger partial charge in [0, 0.05) is 12.2 Å². The van der Waals surface area contributed by atoms with Gasteiger partial charge in [-0.15, -0.1) is 0 Å². The van der Waals surface area contributed by atoms with Gasteiger partial charge in [-0.25, -0.2) is 9.97 Å². The van der Waals surface area contributed by atoms with Gasteiger partial charge in [0.15, 0.2) is 0 Å². The molecule has 1 heterocycles. The van der Waals surface area contributed by atoms with Crippen molar-refractivity contribution >= 4 is 0 Å². The van der Waals surface area contributed by atoms with E-state index in [1.54, 1.807) is 0 Å². The van der Waals surface area contributed by atoms with E-state index in [4.69, 9.17) is 5.73 Å². The molecule has 0 radical (unpaired) electrons. The number of aromatic nitrogens is 2. The molecule has 3 nitrogen and oxygen atoms in total. The first kappa shape index (κ1) is 8.63. The number of nitrogens with two attached hydrogens (primary N) is 1.